The van der Waals surface area contributed by atoms with E-state index >= 15 is 0 Å². The zero-order valence-corrected chi connectivity index (χ0v) is 9.55. The summed E-state index contributed by atoms with van der Waals surface area (Å²) >= 11 is 5.52. The van der Waals surface area contributed by atoms with Crippen molar-refractivity contribution in [3.63, 3.8) is 0 Å². The molecule has 8 heteroatoms. The minimum absolute atomic E-state index is 0.0665. The fraction of sp³-hybridized carbons (Fsp3) is 0. The molecule has 0 bridgehead atoms. The quantitative estimate of drug-likeness (QED) is 0.500. The van der Waals surface area contributed by atoms with Gasteiger partial charge in [0.1, 0.15) is 5.15 Å². The molecular weight excluding hydrogens is 262 g/mol. The van der Waals surface area contributed by atoms with Crippen LogP contribution in [-0.4, -0.2) is 14.5 Å². The molecule has 0 atom stereocenters. The maximum Gasteiger partial charge on any atom is 0.334 e. The highest BCUT2D eigenvalue weighted by molar-refractivity contribution is 6.29. The molecule has 0 unspecified atom stereocenters. The van der Waals surface area contributed by atoms with Crippen molar-refractivity contribution in [3.8, 4) is 5.69 Å². The first-order valence-corrected chi connectivity index (χ1v) is 5.13. The van der Waals surface area contributed by atoms with E-state index in [0.717, 1.165) is 10.6 Å². The molecule has 0 saturated carbocycles. The SMILES string of the molecule is O=c1cc(Cl)[nH]c(=O)n1-c1ccc([N+](=O)[O-])cc1. The highest BCUT2D eigenvalue weighted by atomic mass is 35.5. The second kappa shape index (κ2) is 4.46. The van der Waals surface area contributed by atoms with Gasteiger partial charge in [-0.2, -0.15) is 0 Å². The highest BCUT2D eigenvalue weighted by Crippen LogP contribution is 2.13. The topological polar surface area (TPSA) is 98.0 Å². The molecule has 1 aromatic carbocycles. The summed E-state index contributed by atoms with van der Waals surface area (Å²) in [5, 5.41) is 10.4. The van der Waals surface area contributed by atoms with E-state index in [0.29, 0.717) is 0 Å². The van der Waals surface area contributed by atoms with Crippen molar-refractivity contribution in [1.82, 2.24) is 9.55 Å². The summed E-state index contributed by atoms with van der Waals surface area (Å²) in [7, 11) is 0. The van der Waals surface area contributed by atoms with Gasteiger partial charge in [0, 0.05) is 18.2 Å². The van der Waals surface area contributed by atoms with Gasteiger partial charge < -0.3 is 0 Å². The number of rotatable bonds is 2. The minimum atomic E-state index is -0.707. The van der Waals surface area contributed by atoms with Gasteiger partial charge in [-0.1, -0.05) is 11.6 Å². The lowest BCUT2D eigenvalue weighted by atomic mass is 10.3. The number of nitrogens with zero attached hydrogens (tertiary/aromatic N) is 2. The molecule has 0 amide bonds. The van der Waals surface area contributed by atoms with Gasteiger partial charge in [-0.15, -0.1) is 0 Å². The number of non-ortho nitro benzene ring substituents is 1. The highest BCUT2D eigenvalue weighted by Gasteiger charge is 2.08. The molecule has 2 aromatic rings. The van der Waals surface area contributed by atoms with Crippen LogP contribution in [0, 0.1) is 10.1 Å². The normalized spacial score (nSPS) is 10.3. The lowest BCUT2D eigenvalue weighted by Gasteiger charge is -2.03. The number of benzene rings is 1. The van der Waals surface area contributed by atoms with Gasteiger partial charge in [0.25, 0.3) is 11.2 Å². The first-order valence-electron chi connectivity index (χ1n) is 4.76. The lowest BCUT2D eigenvalue weighted by molar-refractivity contribution is -0.384. The number of hydrogen-bond donors (Lipinski definition) is 1. The number of aromatic amines is 1. The Labute approximate surface area is 104 Å². The first kappa shape index (κ1) is 12.1. The zero-order valence-electron chi connectivity index (χ0n) is 8.79. The third-order valence-electron chi connectivity index (χ3n) is 2.22. The molecule has 0 aliphatic carbocycles. The van der Waals surface area contributed by atoms with E-state index in [4.69, 9.17) is 11.6 Å². The van der Waals surface area contributed by atoms with Crippen molar-refractivity contribution < 1.29 is 4.92 Å². The Hall–Kier alpha value is -2.41. The van der Waals surface area contributed by atoms with Crippen LogP contribution in [0.4, 0.5) is 5.69 Å². The molecule has 1 heterocycles. The Morgan fingerprint density at radius 3 is 2.33 bits per heavy atom. The Bertz CT molecular complexity index is 686. The van der Waals surface area contributed by atoms with E-state index < -0.39 is 16.2 Å². The molecule has 0 saturated heterocycles. The number of nitro groups is 1. The summed E-state index contributed by atoms with van der Waals surface area (Å²) < 4.78 is 0.829. The second-order valence-corrected chi connectivity index (χ2v) is 3.78. The van der Waals surface area contributed by atoms with Crippen molar-refractivity contribution >= 4 is 17.3 Å². The van der Waals surface area contributed by atoms with E-state index in [-0.39, 0.29) is 16.5 Å². The summed E-state index contributed by atoms with van der Waals surface area (Å²) in [6, 6.07) is 6.07. The fourth-order valence-electron chi connectivity index (χ4n) is 1.44. The van der Waals surface area contributed by atoms with Crippen LogP contribution in [0.3, 0.4) is 0 Å². The van der Waals surface area contributed by atoms with Gasteiger partial charge >= 0.3 is 5.69 Å². The molecule has 0 radical (unpaired) electrons. The van der Waals surface area contributed by atoms with Crippen molar-refractivity contribution in [2.24, 2.45) is 0 Å². The first-order chi connectivity index (χ1) is 8.49. The maximum atomic E-state index is 11.6. The van der Waals surface area contributed by atoms with Crippen molar-refractivity contribution in [2.75, 3.05) is 0 Å². The molecule has 0 spiro atoms. The second-order valence-electron chi connectivity index (χ2n) is 3.37. The van der Waals surface area contributed by atoms with E-state index in [9.17, 15) is 19.7 Å². The maximum absolute atomic E-state index is 11.6. The third kappa shape index (κ3) is 2.16. The Morgan fingerprint density at radius 2 is 1.83 bits per heavy atom. The number of H-pyrrole nitrogens is 1. The van der Waals surface area contributed by atoms with Crippen LogP contribution in [0.5, 0.6) is 0 Å². The molecule has 0 fully saturated rings. The monoisotopic (exact) mass is 267 g/mol. The molecule has 2 rings (SSSR count). The summed E-state index contributed by atoms with van der Waals surface area (Å²) in [4.78, 5) is 35.3. The molecule has 1 aromatic heterocycles. The molecule has 0 aliphatic rings. The van der Waals surface area contributed by atoms with Crippen LogP contribution in [-0.2, 0) is 0 Å². The van der Waals surface area contributed by atoms with Gasteiger partial charge in [-0.3, -0.25) is 19.9 Å². The molecule has 0 aliphatic heterocycles. The Kier molecular flexibility index (Phi) is 2.99. The number of nitrogens with one attached hydrogen (secondary N) is 1. The average molecular weight is 268 g/mol. The van der Waals surface area contributed by atoms with Gasteiger partial charge in [0.15, 0.2) is 0 Å². The predicted molar refractivity (Wildman–Crippen MR) is 64.3 cm³/mol. The van der Waals surface area contributed by atoms with Crippen molar-refractivity contribution in [2.45, 2.75) is 0 Å². The third-order valence-corrected chi connectivity index (χ3v) is 2.42. The van der Waals surface area contributed by atoms with Crippen LogP contribution in [0.25, 0.3) is 5.69 Å². The van der Waals surface area contributed by atoms with Gasteiger partial charge in [-0.05, 0) is 12.1 Å². The largest absolute Gasteiger partial charge is 0.334 e. The van der Waals surface area contributed by atoms with Gasteiger partial charge in [0.05, 0.1) is 10.6 Å². The minimum Gasteiger partial charge on any atom is -0.297 e. The van der Waals surface area contributed by atoms with Crippen LogP contribution < -0.4 is 11.2 Å². The van der Waals surface area contributed by atoms with E-state index in [1.54, 1.807) is 0 Å². The molecule has 7 nitrogen and oxygen atoms in total. The molecule has 18 heavy (non-hydrogen) atoms. The number of aromatic nitrogens is 2. The van der Waals surface area contributed by atoms with Gasteiger partial charge in [-0.25, -0.2) is 9.36 Å². The van der Waals surface area contributed by atoms with E-state index in [2.05, 4.69) is 4.98 Å². The Morgan fingerprint density at radius 1 is 1.22 bits per heavy atom. The lowest BCUT2D eigenvalue weighted by Crippen LogP contribution is -2.32. The van der Waals surface area contributed by atoms with Crippen LogP contribution >= 0.6 is 11.6 Å². The number of hydrogen-bond acceptors (Lipinski definition) is 4. The number of nitro benzene ring substituents is 1. The van der Waals surface area contributed by atoms with E-state index in [1.807, 2.05) is 0 Å². The molecular formula is C10H6ClN3O4. The van der Waals surface area contributed by atoms with Crippen LogP contribution in [0.2, 0.25) is 5.15 Å². The van der Waals surface area contributed by atoms with Crippen molar-refractivity contribution in [3.05, 3.63) is 66.4 Å². The average Bonchev–Trinajstić information content (AvgIpc) is 2.28. The summed E-state index contributed by atoms with van der Waals surface area (Å²) in [6.07, 6.45) is 0. The molecule has 92 valence electrons. The van der Waals surface area contributed by atoms with Crippen molar-refractivity contribution in [1.29, 1.82) is 0 Å². The summed E-state index contributed by atoms with van der Waals surface area (Å²) in [6.45, 7) is 0. The Balaban J connectivity index is 2.60. The zero-order chi connectivity index (χ0) is 13.3. The number of halogens is 1. The molecule has 1 N–H and O–H groups in total. The van der Waals surface area contributed by atoms with Crippen LogP contribution in [0.1, 0.15) is 0 Å². The van der Waals surface area contributed by atoms with Gasteiger partial charge in [0.2, 0.25) is 0 Å². The van der Waals surface area contributed by atoms with E-state index in [1.165, 1.54) is 24.3 Å². The smallest absolute Gasteiger partial charge is 0.297 e. The summed E-state index contributed by atoms with van der Waals surface area (Å²) in [5.41, 5.74) is -1.22. The van der Waals surface area contributed by atoms with Crippen LogP contribution in [0.15, 0.2) is 39.9 Å². The standard InChI is InChI=1S/C10H6ClN3O4/c11-8-5-9(15)13(10(16)12-8)6-1-3-7(4-2-6)14(17)18/h1-5H,(H,12,16). The fourth-order valence-corrected chi connectivity index (χ4v) is 1.61. The predicted octanol–water partition coefficient (Wildman–Crippen LogP) is 1.09. The summed E-state index contributed by atoms with van der Waals surface area (Å²) in [5.74, 6) is 0.